The van der Waals surface area contributed by atoms with Crippen molar-refractivity contribution in [3.05, 3.63) is 133 Å². The minimum absolute atomic E-state index is 1.13. The molecule has 0 aliphatic carbocycles. The van der Waals surface area contributed by atoms with E-state index in [-0.39, 0.29) is 0 Å². The number of piperidine rings is 2. The molecular weight excluding hydrogens is 581 g/mol. The standard InChI is InChI=1S/C46H42N2/c1-4-13-33(14-5-1)34-19-21-36(22-20-34)45-41-25-23-38(48-29-10-3-11-30-48)32-44(41)46(40-18-12-16-35-15-6-7-17-39(35)40)42-26-24-37(31-43(42)45)47-27-8-2-9-28-47/h1,4-7,12-26,31-32H,2-3,8-11,27-30H2. The molecule has 0 N–H and O–H groups in total. The Labute approximate surface area is 284 Å². The maximum Gasteiger partial charge on any atom is 0.0372 e. The number of anilines is 2. The number of hydrogen-bond acceptors (Lipinski definition) is 2. The molecule has 2 fully saturated rings. The van der Waals surface area contributed by atoms with E-state index >= 15 is 0 Å². The summed E-state index contributed by atoms with van der Waals surface area (Å²) in [7, 11) is 0. The molecule has 0 spiro atoms. The van der Waals surface area contributed by atoms with Crippen molar-refractivity contribution in [1.82, 2.24) is 0 Å². The lowest BCUT2D eigenvalue weighted by molar-refractivity contribution is 0.578. The van der Waals surface area contributed by atoms with Crippen molar-refractivity contribution >= 4 is 43.7 Å². The van der Waals surface area contributed by atoms with Gasteiger partial charge in [0, 0.05) is 37.6 Å². The van der Waals surface area contributed by atoms with Gasteiger partial charge in [0.15, 0.2) is 0 Å². The summed E-state index contributed by atoms with van der Waals surface area (Å²) in [6.45, 7) is 4.54. The highest BCUT2D eigenvalue weighted by molar-refractivity contribution is 6.24. The first-order valence-electron chi connectivity index (χ1n) is 18.0. The van der Waals surface area contributed by atoms with Crippen molar-refractivity contribution in [1.29, 1.82) is 0 Å². The fourth-order valence-electron chi connectivity index (χ4n) is 8.41. The lowest BCUT2D eigenvalue weighted by Gasteiger charge is -2.30. The van der Waals surface area contributed by atoms with Crippen molar-refractivity contribution in [2.45, 2.75) is 38.5 Å². The van der Waals surface area contributed by atoms with Crippen LogP contribution in [0.4, 0.5) is 11.4 Å². The van der Waals surface area contributed by atoms with Gasteiger partial charge in [0.25, 0.3) is 0 Å². The molecule has 2 heterocycles. The first-order chi connectivity index (χ1) is 23.8. The summed E-state index contributed by atoms with van der Waals surface area (Å²) in [6.07, 6.45) is 7.74. The highest BCUT2D eigenvalue weighted by Gasteiger charge is 2.22. The SMILES string of the molecule is c1ccc(-c2ccc(-c3c4cc(N5CCCCC5)ccc4c(-c4cccc5ccccc45)c4cc(N5CCCCC5)ccc34)cc2)cc1. The number of benzene rings is 7. The van der Waals surface area contributed by atoms with E-state index in [1.165, 1.54) is 116 Å². The number of fused-ring (bicyclic) bond motifs is 3. The van der Waals surface area contributed by atoms with Crippen LogP contribution in [-0.4, -0.2) is 26.2 Å². The summed E-state index contributed by atoms with van der Waals surface area (Å²) in [6, 6.07) is 50.4. The Morgan fingerprint density at radius 2 is 0.854 bits per heavy atom. The van der Waals surface area contributed by atoms with Crippen LogP contribution in [0.2, 0.25) is 0 Å². The minimum Gasteiger partial charge on any atom is -0.372 e. The van der Waals surface area contributed by atoms with Crippen LogP contribution in [0.5, 0.6) is 0 Å². The summed E-state index contributed by atoms with van der Waals surface area (Å²) in [5.74, 6) is 0. The van der Waals surface area contributed by atoms with Crippen LogP contribution in [0.3, 0.4) is 0 Å². The average Bonchev–Trinajstić information content (AvgIpc) is 3.17. The molecule has 0 unspecified atom stereocenters. The maximum atomic E-state index is 2.60. The van der Waals surface area contributed by atoms with Gasteiger partial charge in [0.05, 0.1) is 0 Å². The molecule has 0 bridgehead atoms. The summed E-state index contributed by atoms with van der Waals surface area (Å²) in [4.78, 5) is 5.21. The Morgan fingerprint density at radius 1 is 0.333 bits per heavy atom. The second-order valence-corrected chi connectivity index (χ2v) is 13.8. The molecule has 2 heteroatoms. The van der Waals surface area contributed by atoms with Crippen molar-refractivity contribution in [3.8, 4) is 33.4 Å². The van der Waals surface area contributed by atoms with E-state index in [0.717, 1.165) is 26.2 Å². The summed E-state index contributed by atoms with van der Waals surface area (Å²) in [5.41, 5.74) is 10.5. The predicted molar refractivity (Wildman–Crippen MR) is 207 cm³/mol. The smallest absolute Gasteiger partial charge is 0.0372 e. The molecule has 0 atom stereocenters. The Morgan fingerprint density at radius 3 is 1.52 bits per heavy atom. The molecule has 236 valence electrons. The zero-order chi connectivity index (χ0) is 31.9. The normalized spacial score (nSPS) is 15.4. The zero-order valence-electron chi connectivity index (χ0n) is 27.7. The molecule has 0 radical (unpaired) electrons. The minimum atomic E-state index is 1.13. The van der Waals surface area contributed by atoms with Crippen LogP contribution in [0.25, 0.3) is 65.7 Å². The van der Waals surface area contributed by atoms with Gasteiger partial charge in [-0.25, -0.2) is 0 Å². The number of hydrogen-bond donors (Lipinski definition) is 0. The van der Waals surface area contributed by atoms with Crippen LogP contribution in [0.1, 0.15) is 38.5 Å². The highest BCUT2D eigenvalue weighted by atomic mass is 15.1. The molecule has 0 aromatic heterocycles. The molecule has 2 saturated heterocycles. The van der Waals surface area contributed by atoms with E-state index in [1.807, 2.05) is 0 Å². The van der Waals surface area contributed by atoms with Gasteiger partial charge < -0.3 is 9.80 Å². The van der Waals surface area contributed by atoms with Gasteiger partial charge >= 0.3 is 0 Å². The second-order valence-electron chi connectivity index (χ2n) is 13.8. The molecule has 2 aliphatic rings. The van der Waals surface area contributed by atoms with Gasteiger partial charge in [-0.2, -0.15) is 0 Å². The fourth-order valence-corrected chi connectivity index (χ4v) is 8.41. The molecule has 0 saturated carbocycles. The van der Waals surface area contributed by atoms with Crippen LogP contribution >= 0.6 is 0 Å². The van der Waals surface area contributed by atoms with Gasteiger partial charge in [-0.1, -0.05) is 109 Å². The third-order valence-electron chi connectivity index (χ3n) is 10.9. The number of rotatable bonds is 5. The molecule has 2 aliphatic heterocycles. The van der Waals surface area contributed by atoms with Gasteiger partial charge in [-0.05, 0) is 128 Å². The third kappa shape index (κ3) is 5.21. The van der Waals surface area contributed by atoms with Gasteiger partial charge in [-0.3, -0.25) is 0 Å². The van der Waals surface area contributed by atoms with E-state index in [1.54, 1.807) is 0 Å². The van der Waals surface area contributed by atoms with E-state index in [9.17, 15) is 0 Å². The quantitative estimate of drug-likeness (QED) is 0.176. The molecule has 48 heavy (non-hydrogen) atoms. The topological polar surface area (TPSA) is 6.48 Å². The Bertz CT molecular complexity index is 2230. The van der Waals surface area contributed by atoms with Crippen molar-refractivity contribution in [2.24, 2.45) is 0 Å². The van der Waals surface area contributed by atoms with Crippen molar-refractivity contribution < 1.29 is 0 Å². The molecule has 7 aromatic carbocycles. The Hall–Kier alpha value is -5.08. The number of nitrogens with zero attached hydrogens (tertiary/aromatic N) is 2. The molecule has 7 aromatic rings. The highest BCUT2D eigenvalue weighted by Crippen LogP contribution is 2.47. The first-order valence-corrected chi connectivity index (χ1v) is 18.0. The van der Waals surface area contributed by atoms with Crippen LogP contribution in [-0.2, 0) is 0 Å². The summed E-state index contributed by atoms with van der Waals surface area (Å²) >= 11 is 0. The fraction of sp³-hybridized carbons (Fsp3) is 0.217. The van der Waals surface area contributed by atoms with Crippen molar-refractivity contribution in [3.63, 3.8) is 0 Å². The van der Waals surface area contributed by atoms with E-state index in [2.05, 4.69) is 143 Å². The third-order valence-corrected chi connectivity index (χ3v) is 10.9. The van der Waals surface area contributed by atoms with Crippen LogP contribution < -0.4 is 9.80 Å². The van der Waals surface area contributed by atoms with E-state index in [4.69, 9.17) is 0 Å². The van der Waals surface area contributed by atoms with Crippen molar-refractivity contribution in [2.75, 3.05) is 36.0 Å². The largest absolute Gasteiger partial charge is 0.372 e. The zero-order valence-corrected chi connectivity index (χ0v) is 27.7. The molecule has 0 amide bonds. The summed E-state index contributed by atoms with van der Waals surface area (Å²) in [5, 5.41) is 7.94. The first kappa shape index (κ1) is 29.1. The Balaban J connectivity index is 1.35. The molecule has 2 nitrogen and oxygen atoms in total. The monoisotopic (exact) mass is 622 g/mol. The summed E-state index contributed by atoms with van der Waals surface area (Å²) < 4.78 is 0. The van der Waals surface area contributed by atoms with E-state index < -0.39 is 0 Å². The van der Waals surface area contributed by atoms with Gasteiger partial charge in [0.1, 0.15) is 0 Å². The lowest BCUT2D eigenvalue weighted by Crippen LogP contribution is -2.29. The van der Waals surface area contributed by atoms with Gasteiger partial charge in [-0.15, -0.1) is 0 Å². The second kappa shape index (κ2) is 12.5. The van der Waals surface area contributed by atoms with Crippen LogP contribution in [0, 0.1) is 0 Å². The van der Waals surface area contributed by atoms with E-state index in [0.29, 0.717) is 0 Å². The Kier molecular flexibility index (Phi) is 7.58. The predicted octanol–water partition coefficient (Wildman–Crippen LogP) is 12.1. The lowest BCUT2D eigenvalue weighted by atomic mass is 9.84. The maximum absolute atomic E-state index is 2.60. The molecular formula is C46H42N2. The average molecular weight is 623 g/mol. The van der Waals surface area contributed by atoms with Crippen LogP contribution in [0.15, 0.2) is 133 Å². The molecule has 9 rings (SSSR count). The van der Waals surface area contributed by atoms with Gasteiger partial charge in [0.2, 0.25) is 0 Å².